The van der Waals surface area contributed by atoms with Crippen molar-refractivity contribution in [3.63, 3.8) is 0 Å². The third-order valence-corrected chi connectivity index (χ3v) is 6.97. The number of furan rings is 1. The Kier molecular flexibility index (Phi) is 229. The van der Waals surface area contributed by atoms with Crippen LogP contribution in [0.15, 0.2) is 239 Å². The van der Waals surface area contributed by atoms with Crippen molar-refractivity contribution < 1.29 is 4.42 Å². The molecule has 726 valence electrons. The molecule has 0 saturated carbocycles. The van der Waals surface area contributed by atoms with Crippen molar-refractivity contribution in [2.24, 2.45) is 47.3 Å². The molecule has 0 spiro atoms. The first-order chi connectivity index (χ1) is 59.3. The molecular weight excluding hydrogens is 1530 g/mol. The summed E-state index contributed by atoms with van der Waals surface area (Å²) in [6.07, 6.45) is 38.1. The fourth-order valence-corrected chi connectivity index (χ4v) is 3.67. The molecule has 10 aromatic heterocycles. The van der Waals surface area contributed by atoms with Crippen molar-refractivity contribution in [2.45, 2.75) is 378 Å². The van der Waals surface area contributed by atoms with E-state index in [0.717, 1.165) is 58.9 Å². The third kappa shape index (κ3) is 289. The van der Waals surface area contributed by atoms with E-state index < -0.39 is 0 Å². The van der Waals surface area contributed by atoms with Gasteiger partial charge in [0.1, 0.15) is 24.8 Å². The summed E-state index contributed by atoms with van der Waals surface area (Å²) in [6, 6.07) is 29.2. The highest BCUT2D eigenvalue weighted by Crippen LogP contribution is 2.07. The summed E-state index contributed by atoms with van der Waals surface area (Å²) in [5.41, 5.74) is 1.02. The van der Waals surface area contributed by atoms with Gasteiger partial charge >= 0.3 is 0 Å². The van der Waals surface area contributed by atoms with E-state index in [4.69, 9.17) is 0 Å². The molecule has 11 rings (SSSR count). The standard InChI is InChI=1S/C6H10N2.C6H6.2C5H9N3.C5H5N.3C4H4N2.C4H4O.8C4H10.C3H3N3.C3H4N2.11C2H6/c1-6(2)8-5-3-4-7-8;1-2-4-6-5-3-1;1-4(2)5-6-3-7-8-5;1-4(2)5-3-6-8-7-5;1-2-4-6-5-3-1;1-2-6-4-3-5-1;1-2-5-4-6-3-1;1-2-4-6-5-3-1;1-2-4-5-3-1;8*1-4(2)3;1-2-5-6-3-4-1;1-2-5-3-4-1;11*1-2/h3-6H,1-2H3;1-6H;2*3-4H,1-2H3,(H,6,7,8);1-5H;3*1-4H;1-4H;8*4H,1-3H3;1-3H;1-3H,(H,4,5);11*1-2H3. The Bertz CT molecular complexity index is 2230. The van der Waals surface area contributed by atoms with Crippen LogP contribution >= 0.6 is 0 Å². The van der Waals surface area contributed by atoms with Crippen molar-refractivity contribution in [3.05, 3.63) is 246 Å². The lowest BCUT2D eigenvalue weighted by molar-refractivity contribution is 0.532. The molecule has 0 atom stereocenters. The minimum absolute atomic E-state index is 0.456. The van der Waals surface area contributed by atoms with Gasteiger partial charge < -0.3 is 9.40 Å². The second-order valence-corrected chi connectivity index (χ2v) is 27.3. The number of rotatable bonds is 3. The van der Waals surface area contributed by atoms with Gasteiger partial charge in [-0.05, 0) is 116 Å². The van der Waals surface area contributed by atoms with Crippen LogP contribution in [0.5, 0.6) is 0 Å². The summed E-state index contributed by atoms with van der Waals surface area (Å²) in [5, 5.41) is 34.6. The summed E-state index contributed by atoms with van der Waals surface area (Å²) in [5.74, 6) is 8.55. The van der Waals surface area contributed by atoms with Crippen LogP contribution in [0.4, 0.5) is 0 Å². The van der Waals surface area contributed by atoms with Gasteiger partial charge in [0.25, 0.3) is 0 Å². The Balaban J connectivity index is -0.0000000547. The first kappa shape index (κ1) is 162. The zero-order valence-corrected chi connectivity index (χ0v) is 90.8. The molecule has 0 amide bonds. The summed E-state index contributed by atoms with van der Waals surface area (Å²) >= 11 is 0. The highest BCUT2D eigenvalue weighted by Gasteiger charge is 1.99. The summed E-state index contributed by atoms with van der Waals surface area (Å²) in [6.45, 7) is 109. The van der Waals surface area contributed by atoms with E-state index in [-0.39, 0.29) is 0 Å². The molecule has 11 aromatic rings. The van der Waals surface area contributed by atoms with Gasteiger partial charge in [0.05, 0.1) is 36.9 Å². The lowest BCUT2D eigenvalue weighted by Gasteiger charge is -2.01. The maximum atomic E-state index is 4.58. The maximum absolute atomic E-state index is 4.58. The number of nitrogens with one attached hydrogen (secondary N) is 3. The zero-order chi connectivity index (χ0) is 101. The zero-order valence-electron chi connectivity index (χ0n) is 90.8. The van der Waals surface area contributed by atoms with Gasteiger partial charge in [0.15, 0.2) is 0 Å². The second-order valence-electron chi connectivity index (χ2n) is 27.3. The van der Waals surface area contributed by atoms with Gasteiger partial charge in [0, 0.05) is 105 Å². The predicted molar refractivity (Wildman–Crippen MR) is 556 cm³/mol. The molecule has 21 heteroatoms. The third-order valence-electron chi connectivity index (χ3n) is 6.97. The van der Waals surface area contributed by atoms with Crippen molar-refractivity contribution in [3.8, 4) is 0 Å². The number of nitrogens with zero attached hydrogens (tertiary/aromatic N) is 17. The lowest BCUT2D eigenvalue weighted by atomic mass is 10.2. The van der Waals surface area contributed by atoms with Crippen molar-refractivity contribution in [1.29, 1.82) is 0 Å². The SMILES string of the molecule is CC.CC.CC.CC.CC.CC.CC.CC.CC.CC.CC.CC(C)C.CC(C)C.CC(C)C.CC(C)C.CC(C)C.CC(C)C.CC(C)C.CC(C)C.CC(C)c1cn[nH]n1.CC(C)c1ncn[nH]1.CC(C)n1cccn1.c1c[nH]cn1.c1ccccc1.c1ccncc1.c1ccnnc1.c1ccoc1.c1cnccn1.c1cncnc1.c1cnncn1. The lowest BCUT2D eigenvalue weighted by Crippen LogP contribution is -1.99. The van der Waals surface area contributed by atoms with Crippen LogP contribution in [0, 0.1) is 47.3 Å². The molecule has 3 N–H and O–H groups in total. The molecule has 0 bridgehead atoms. The van der Waals surface area contributed by atoms with Crippen molar-refractivity contribution >= 4 is 0 Å². The Morgan fingerprint density at radius 1 is 0.274 bits per heavy atom. The fourth-order valence-electron chi connectivity index (χ4n) is 3.67. The first-order valence-electron chi connectivity index (χ1n) is 46.4. The van der Waals surface area contributed by atoms with Crippen LogP contribution in [0.25, 0.3) is 0 Å². The molecule has 0 aliphatic rings. The van der Waals surface area contributed by atoms with E-state index in [2.05, 4.69) is 308 Å². The molecule has 124 heavy (non-hydrogen) atoms. The Labute approximate surface area is 771 Å². The molecule has 0 fully saturated rings. The largest absolute Gasteiger partial charge is 0.473 e. The molecule has 1 aromatic carbocycles. The number of hydrogen-bond donors (Lipinski definition) is 3. The number of aromatic amines is 3. The normalized spacial score (nSPS) is 7.83. The van der Waals surface area contributed by atoms with Crippen LogP contribution < -0.4 is 0 Å². The molecule has 21 nitrogen and oxygen atoms in total. The van der Waals surface area contributed by atoms with E-state index in [1.54, 1.807) is 118 Å². The number of hydrogen-bond acceptors (Lipinski definition) is 17. The summed E-state index contributed by atoms with van der Waals surface area (Å²) < 4.78 is 6.50. The summed E-state index contributed by atoms with van der Waals surface area (Å²) in [4.78, 5) is 32.6. The average molecular weight is 1740 g/mol. The average Bonchev–Trinajstić information content (AvgIpc) is 1.90. The van der Waals surface area contributed by atoms with Crippen LogP contribution in [0.1, 0.15) is 389 Å². The second kappa shape index (κ2) is 175. The Hall–Kier alpha value is -9.40. The van der Waals surface area contributed by atoms with E-state index in [9.17, 15) is 0 Å². The number of imidazole rings is 1. The topological polar surface area (TPSA) is 272 Å². The van der Waals surface area contributed by atoms with E-state index in [1.165, 1.54) is 25.2 Å². The molecule has 10 heterocycles. The number of pyridine rings is 1. The smallest absolute Gasteiger partial charge is 0.138 e. The van der Waals surface area contributed by atoms with Crippen molar-refractivity contribution in [1.82, 2.24) is 101 Å². The molecule has 0 radical (unpaired) electrons. The Morgan fingerprint density at radius 3 is 0.702 bits per heavy atom. The van der Waals surface area contributed by atoms with Crippen LogP contribution in [0.2, 0.25) is 0 Å². The highest BCUT2D eigenvalue weighted by atomic mass is 16.3. The number of aromatic nitrogens is 20. The summed E-state index contributed by atoms with van der Waals surface area (Å²) in [7, 11) is 0. The van der Waals surface area contributed by atoms with Crippen LogP contribution in [-0.4, -0.2) is 101 Å². The Morgan fingerprint density at radius 2 is 0.589 bits per heavy atom. The van der Waals surface area contributed by atoms with Gasteiger partial charge in [-0.3, -0.25) is 24.7 Å². The number of H-pyrrole nitrogens is 3. The molecule has 0 aliphatic heterocycles. The van der Waals surface area contributed by atoms with Gasteiger partial charge in [-0.1, -0.05) is 389 Å². The van der Waals surface area contributed by atoms with E-state index >= 15 is 0 Å². The monoisotopic (exact) mass is 1740 g/mol. The predicted octanol–water partition coefficient (Wildman–Crippen LogP) is 33.7. The quantitative estimate of drug-likeness (QED) is 0.148. The van der Waals surface area contributed by atoms with E-state index in [0.29, 0.717) is 17.9 Å². The van der Waals surface area contributed by atoms with Crippen LogP contribution in [-0.2, 0) is 0 Å². The minimum atomic E-state index is 0.456. The maximum Gasteiger partial charge on any atom is 0.138 e. The molecule has 0 saturated heterocycles. The highest BCUT2D eigenvalue weighted by molar-refractivity contribution is 4.99. The molecular formula is C103H208N20O. The van der Waals surface area contributed by atoms with Crippen LogP contribution in [0.3, 0.4) is 0 Å². The first-order valence-corrected chi connectivity index (χ1v) is 46.4. The minimum Gasteiger partial charge on any atom is -0.473 e. The van der Waals surface area contributed by atoms with Gasteiger partial charge in [-0.15, -0.1) is 5.10 Å². The number of benzene rings is 1. The van der Waals surface area contributed by atoms with Gasteiger partial charge in [0.2, 0.25) is 0 Å². The van der Waals surface area contributed by atoms with Gasteiger partial charge in [-0.25, -0.2) is 24.9 Å². The van der Waals surface area contributed by atoms with E-state index in [1.807, 2.05) is 248 Å². The van der Waals surface area contributed by atoms with Gasteiger partial charge in [-0.2, -0.15) is 40.9 Å². The van der Waals surface area contributed by atoms with Crippen molar-refractivity contribution in [2.75, 3.05) is 0 Å². The molecule has 0 unspecified atom stereocenters. The fraction of sp³-hybridized carbons (Fsp3) is 0.612. The molecule has 0 aliphatic carbocycles.